The van der Waals surface area contributed by atoms with Gasteiger partial charge in [-0.15, -0.1) is 13.2 Å². The number of allylic oxidation sites excluding steroid dienone is 3. The predicted octanol–water partition coefficient (Wildman–Crippen LogP) is 6.67. The van der Waals surface area contributed by atoms with Crippen LogP contribution in [0.15, 0.2) is 65.4 Å². The Kier molecular flexibility index (Phi) is 8.05. The molecule has 1 amide bonds. The third-order valence-electron chi connectivity index (χ3n) is 6.74. The van der Waals surface area contributed by atoms with E-state index in [0.29, 0.717) is 18.5 Å². The van der Waals surface area contributed by atoms with Gasteiger partial charge in [0.25, 0.3) is 5.91 Å². The molecule has 1 aliphatic heterocycles. The lowest BCUT2D eigenvalue weighted by Crippen LogP contribution is -2.51. The molecule has 1 saturated carbocycles. The molecule has 0 saturated heterocycles. The van der Waals surface area contributed by atoms with E-state index >= 15 is 0 Å². The van der Waals surface area contributed by atoms with E-state index in [2.05, 4.69) is 35.6 Å². The number of rotatable bonds is 8. The topological polar surface area (TPSA) is 41.9 Å². The van der Waals surface area contributed by atoms with Gasteiger partial charge >= 0.3 is 6.36 Å². The van der Waals surface area contributed by atoms with Gasteiger partial charge in [-0.25, -0.2) is 0 Å². The number of hydrogen-bond acceptors (Lipinski definition) is 3. The average molecular weight is 475 g/mol. The van der Waals surface area contributed by atoms with Crippen LogP contribution in [0.4, 0.5) is 13.2 Å². The summed E-state index contributed by atoms with van der Waals surface area (Å²) < 4.78 is 41.2. The summed E-state index contributed by atoms with van der Waals surface area (Å²) in [6.07, 6.45) is 5.49. The summed E-state index contributed by atoms with van der Waals surface area (Å²) in [5, 5.41) is 0. The van der Waals surface area contributed by atoms with E-state index in [0.717, 1.165) is 37.3 Å². The van der Waals surface area contributed by atoms with Gasteiger partial charge in [-0.2, -0.15) is 0 Å². The van der Waals surface area contributed by atoms with E-state index < -0.39 is 17.8 Å². The van der Waals surface area contributed by atoms with Gasteiger partial charge in [-0.1, -0.05) is 61.7 Å². The maximum absolute atomic E-state index is 13.6. The number of carbonyl (C=O) groups excluding carboxylic acids is 1. The number of hydrogen-bond donors (Lipinski definition) is 0. The minimum absolute atomic E-state index is 0.194. The number of halogens is 3. The van der Waals surface area contributed by atoms with Crippen LogP contribution in [-0.2, 0) is 16.0 Å². The van der Waals surface area contributed by atoms with Crippen LogP contribution in [0.5, 0.6) is 0 Å². The summed E-state index contributed by atoms with van der Waals surface area (Å²) >= 11 is 0. The Morgan fingerprint density at radius 1 is 1.21 bits per heavy atom. The second-order valence-electron chi connectivity index (χ2n) is 9.17. The van der Waals surface area contributed by atoms with Crippen molar-refractivity contribution in [2.45, 2.75) is 71.3 Å². The van der Waals surface area contributed by atoms with Crippen molar-refractivity contribution >= 4 is 11.6 Å². The van der Waals surface area contributed by atoms with Gasteiger partial charge in [0.05, 0.1) is 0 Å². The molecule has 0 bridgehead atoms. The van der Waals surface area contributed by atoms with Crippen molar-refractivity contribution in [1.82, 2.24) is 4.90 Å². The van der Waals surface area contributed by atoms with Crippen LogP contribution in [0.3, 0.4) is 0 Å². The molecular formula is C27H33F3N2O2. The molecule has 2 aliphatic rings. The fourth-order valence-electron chi connectivity index (χ4n) is 4.82. The number of benzene rings is 1. The first kappa shape index (κ1) is 25.8. The Morgan fingerprint density at radius 3 is 2.44 bits per heavy atom. The zero-order chi connectivity index (χ0) is 24.9. The number of carbonyl (C=O) groups is 1. The quantitative estimate of drug-likeness (QED) is 0.312. The second kappa shape index (κ2) is 10.6. The minimum Gasteiger partial charge on any atom is -0.406 e. The molecule has 1 aromatic rings. The highest BCUT2D eigenvalue weighted by Gasteiger charge is 2.48. The molecule has 0 aromatic heterocycles. The number of aliphatic imine (C=N–C) groups is 1. The summed E-state index contributed by atoms with van der Waals surface area (Å²) in [7, 11) is 0. The summed E-state index contributed by atoms with van der Waals surface area (Å²) in [5.41, 5.74) is 2.37. The second-order valence-corrected chi connectivity index (χ2v) is 9.17. The van der Waals surface area contributed by atoms with Crippen molar-refractivity contribution in [3.05, 3.63) is 71.5 Å². The van der Waals surface area contributed by atoms with Crippen molar-refractivity contribution in [2.75, 3.05) is 6.54 Å². The molecular weight excluding hydrogens is 441 g/mol. The van der Waals surface area contributed by atoms with Gasteiger partial charge in [0.15, 0.2) is 0 Å². The molecule has 3 rings (SSSR count). The first-order chi connectivity index (χ1) is 16.0. The lowest BCUT2D eigenvalue weighted by Gasteiger charge is -2.41. The van der Waals surface area contributed by atoms with Crippen molar-refractivity contribution in [3.63, 3.8) is 0 Å². The lowest BCUT2D eigenvalue weighted by molar-refractivity contribution is -0.303. The summed E-state index contributed by atoms with van der Waals surface area (Å²) in [4.78, 5) is 20.4. The Balaban J connectivity index is 1.86. The monoisotopic (exact) mass is 474 g/mol. The molecule has 1 fully saturated rings. The van der Waals surface area contributed by atoms with Gasteiger partial charge in [-0.3, -0.25) is 9.79 Å². The van der Waals surface area contributed by atoms with Crippen molar-refractivity contribution in [3.8, 4) is 0 Å². The summed E-state index contributed by atoms with van der Waals surface area (Å²) in [6, 6.07) is 8.26. The van der Waals surface area contributed by atoms with Crippen LogP contribution < -0.4 is 0 Å². The SMILES string of the molecule is C=C(/C=C\C(=C/C)C1=NC(C)(C2CCCCC2)N(CCc2ccc(C)cc2)C1=O)OC(F)(F)F. The van der Waals surface area contributed by atoms with E-state index in [1.165, 1.54) is 18.1 Å². The Labute approximate surface area is 199 Å². The number of amides is 1. The molecule has 34 heavy (non-hydrogen) atoms. The van der Waals surface area contributed by atoms with Gasteiger partial charge in [0, 0.05) is 18.0 Å². The molecule has 4 nitrogen and oxygen atoms in total. The van der Waals surface area contributed by atoms with Crippen molar-refractivity contribution in [2.24, 2.45) is 10.9 Å². The molecule has 184 valence electrons. The normalized spacial score (nSPS) is 22.4. The first-order valence-corrected chi connectivity index (χ1v) is 11.8. The zero-order valence-corrected chi connectivity index (χ0v) is 20.1. The fraction of sp³-hybridized carbons (Fsp3) is 0.481. The Morgan fingerprint density at radius 2 is 1.85 bits per heavy atom. The standard InChI is InChI=1S/C27H33F3N2O2/c1-5-22(16-13-20(3)34-27(28,29)30)24-25(33)32(18-17-21-14-11-19(2)12-15-21)26(4,31-24)23-9-7-6-8-10-23/h5,11-16,23H,3,6-10,17-18H2,1-2,4H3/b16-13-,22-5+. The molecule has 1 aliphatic carbocycles. The molecule has 1 heterocycles. The molecule has 1 unspecified atom stereocenters. The van der Waals surface area contributed by atoms with Crippen LogP contribution in [0.2, 0.25) is 0 Å². The van der Waals surface area contributed by atoms with Crippen molar-refractivity contribution < 1.29 is 22.7 Å². The van der Waals surface area contributed by atoms with Crippen LogP contribution in [-0.4, -0.2) is 35.1 Å². The van der Waals surface area contributed by atoms with Crippen molar-refractivity contribution in [1.29, 1.82) is 0 Å². The highest BCUT2D eigenvalue weighted by Crippen LogP contribution is 2.41. The predicted molar refractivity (Wildman–Crippen MR) is 128 cm³/mol. The smallest absolute Gasteiger partial charge is 0.406 e. The number of nitrogens with zero attached hydrogens (tertiary/aromatic N) is 2. The molecule has 0 radical (unpaired) electrons. The van der Waals surface area contributed by atoms with Gasteiger partial charge in [0.2, 0.25) is 0 Å². The van der Waals surface area contributed by atoms with Crippen LogP contribution in [0.25, 0.3) is 0 Å². The molecule has 7 heteroatoms. The van der Waals surface area contributed by atoms with Gasteiger partial charge < -0.3 is 9.64 Å². The van der Waals surface area contributed by atoms with Crippen LogP contribution in [0, 0.1) is 12.8 Å². The highest BCUT2D eigenvalue weighted by atomic mass is 19.4. The van der Waals surface area contributed by atoms with E-state index in [-0.39, 0.29) is 17.5 Å². The minimum atomic E-state index is -4.81. The summed E-state index contributed by atoms with van der Waals surface area (Å²) in [6.45, 7) is 9.59. The fourth-order valence-corrected chi connectivity index (χ4v) is 4.82. The third-order valence-corrected chi connectivity index (χ3v) is 6.74. The summed E-state index contributed by atoms with van der Waals surface area (Å²) in [5.74, 6) is -0.504. The number of alkyl halides is 3. The van der Waals surface area contributed by atoms with Gasteiger partial charge in [-0.05, 0) is 57.7 Å². The average Bonchev–Trinajstić information content (AvgIpc) is 3.04. The maximum atomic E-state index is 13.6. The molecule has 1 aromatic carbocycles. The zero-order valence-electron chi connectivity index (χ0n) is 20.1. The third kappa shape index (κ3) is 6.19. The Hall–Kier alpha value is -2.83. The lowest BCUT2D eigenvalue weighted by atomic mass is 9.80. The number of aryl methyl sites for hydroxylation is 1. The molecule has 0 spiro atoms. The van der Waals surface area contributed by atoms with Crippen LogP contribution >= 0.6 is 0 Å². The Bertz CT molecular complexity index is 986. The van der Waals surface area contributed by atoms with Gasteiger partial charge in [0.1, 0.15) is 17.1 Å². The highest BCUT2D eigenvalue weighted by molar-refractivity contribution is 6.47. The molecule has 1 atom stereocenters. The van der Waals surface area contributed by atoms with E-state index in [4.69, 9.17) is 4.99 Å². The largest absolute Gasteiger partial charge is 0.573 e. The van der Waals surface area contributed by atoms with E-state index in [1.54, 1.807) is 13.0 Å². The first-order valence-electron chi connectivity index (χ1n) is 11.8. The van der Waals surface area contributed by atoms with Crippen LogP contribution in [0.1, 0.15) is 57.1 Å². The van der Waals surface area contributed by atoms with E-state index in [1.807, 2.05) is 18.7 Å². The van der Waals surface area contributed by atoms with E-state index in [9.17, 15) is 18.0 Å². The maximum Gasteiger partial charge on any atom is 0.573 e. The number of ether oxygens (including phenoxy) is 1. The molecule has 0 N–H and O–H groups in total.